The van der Waals surface area contributed by atoms with Gasteiger partial charge in [-0.2, -0.15) is 0 Å². The van der Waals surface area contributed by atoms with Gasteiger partial charge in [0.2, 0.25) is 0 Å². The van der Waals surface area contributed by atoms with Gasteiger partial charge in [-0.15, -0.1) is 0 Å². The van der Waals surface area contributed by atoms with Crippen molar-refractivity contribution in [2.75, 3.05) is 10.6 Å². The molecular formula is C14H10ClFN2O3. The van der Waals surface area contributed by atoms with E-state index >= 15 is 0 Å². The fourth-order valence-corrected chi connectivity index (χ4v) is 1.89. The normalized spacial score (nSPS) is 10.0. The molecule has 0 saturated heterocycles. The van der Waals surface area contributed by atoms with Gasteiger partial charge in [-0.1, -0.05) is 17.7 Å². The molecular weight excluding hydrogens is 299 g/mol. The van der Waals surface area contributed by atoms with Crippen molar-refractivity contribution in [3.63, 3.8) is 0 Å². The minimum Gasteiger partial charge on any atom is -0.478 e. The monoisotopic (exact) mass is 308 g/mol. The first kappa shape index (κ1) is 14.8. The smallest absolute Gasteiger partial charge is 0.337 e. The van der Waals surface area contributed by atoms with Gasteiger partial charge in [-0.25, -0.2) is 14.0 Å². The summed E-state index contributed by atoms with van der Waals surface area (Å²) in [5.74, 6) is -1.63. The zero-order valence-corrected chi connectivity index (χ0v) is 11.3. The molecule has 2 rings (SSSR count). The first-order valence-corrected chi connectivity index (χ1v) is 6.20. The van der Waals surface area contributed by atoms with Crippen LogP contribution in [0, 0.1) is 5.82 Å². The molecule has 0 aromatic heterocycles. The summed E-state index contributed by atoms with van der Waals surface area (Å²) in [4.78, 5) is 22.5. The van der Waals surface area contributed by atoms with Crippen molar-refractivity contribution in [3.05, 3.63) is 58.9 Å². The molecule has 0 heterocycles. The first-order chi connectivity index (χ1) is 9.95. The molecule has 0 radical (unpaired) electrons. The van der Waals surface area contributed by atoms with Crippen molar-refractivity contribution in [1.29, 1.82) is 0 Å². The second-order valence-electron chi connectivity index (χ2n) is 4.09. The van der Waals surface area contributed by atoms with E-state index in [1.54, 1.807) is 0 Å². The predicted molar refractivity (Wildman–Crippen MR) is 77.5 cm³/mol. The van der Waals surface area contributed by atoms with Gasteiger partial charge < -0.3 is 15.7 Å². The number of amides is 2. The van der Waals surface area contributed by atoms with Gasteiger partial charge in [-0.05, 0) is 36.4 Å². The Morgan fingerprint density at radius 1 is 1.05 bits per heavy atom. The van der Waals surface area contributed by atoms with Gasteiger partial charge in [0, 0.05) is 11.4 Å². The van der Waals surface area contributed by atoms with E-state index in [9.17, 15) is 14.0 Å². The second-order valence-corrected chi connectivity index (χ2v) is 4.50. The van der Waals surface area contributed by atoms with Crippen LogP contribution in [0.4, 0.5) is 20.6 Å². The summed E-state index contributed by atoms with van der Waals surface area (Å²) in [6.45, 7) is 0. The van der Waals surface area contributed by atoms with Crippen LogP contribution in [0.1, 0.15) is 10.4 Å². The molecule has 2 aromatic carbocycles. The molecule has 0 spiro atoms. The molecule has 3 N–H and O–H groups in total. The van der Waals surface area contributed by atoms with Crippen LogP contribution in [0.25, 0.3) is 0 Å². The van der Waals surface area contributed by atoms with Crippen LogP contribution in [-0.4, -0.2) is 17.1 Å². The Hall–Kier alpha value is -2.60. The zero-order chi connectivity index (χ0) is 15.4. The lowest BCUT2D eigenvalue weighted by Crippen LogP contribution is -2.19. The standard InChI is InChI=1S/C14H10ClFN2O3/c15-12-7-10(4-5-11(12)13(19)20)18-14(21)17-9-3-1-2-8(16)6-9/h1-7H,(H,19,20)(H2,17,18,21). The molecule has 0 bridgehead atoms. The maximum absolute atomic E-state index is 13.0. The fourth-order valence-electron chi connectivity index (χ4n) is 1.63. The van der Waals surface area contributed by atoms with Gasteiger partial charge in [0.25, 0.3) is 0 Å². The molecule has 0 atom stereocenters. The fraction of sp³-hybridized carbons (Fsp3) is 0. The van der Waals surface area contributed by atoms with Crippen LogP contribution >= 0.6 is 11.6 Å². The number of anilines is 2. The van der Waals surface area contributed by atoms with Crippen LogP contribution in [-0.2, 0) is 0 Å². The summed E-state index contributed by atoms with van der Waals surface area (Å²) in [6, 6.07) is 8.82. The topological polar surface area (TPSA) is 78.4 Å². The highest BCUT2D eigenvalue weighted by Crippen LogP contribution is 2.21. The number of hydrogen-bond acceptors (Lipinski definition) is 2. The number of aromatic carboxylic acids is 1. The Kier molecular flexibility index (Phi) is 4.39. The molecule has 108 valence electrons. The third-order valence-electron chi connectivity index (χ3n) is 2.54. The quantitative estimate of drug-likeness (QED) is 0.806. The number of carboxylic acid groups (broad SMARTS) is 1. The maximum Gasteiger partial charge on any atom is 0.337 e. The van der Waals surface area contributed by atoms with Gasteiger partial charge in [0.15, 0.2) is 0 Å². The molecule has 7 heteroatoms. The highest BCUT2D eigenvalue weighted by Gasteiger charge is 2.10. The third kappa shape index (κ3) is 3.93. The van der Waals surface area contributed by atoms with Crippen molar-refractivity contribution >= 4 is 35.0 Å². The van der Waals surface area contributed by atoms with Crippen LogP contribution in [0.3, 0.4) is 0 Å². The highest BCUT2D eigenvalue weighted by molar-refractivity contribution is 6.33. The van der Waals surface area contributed by atoms with Gasteiger partial charge in [0.05, 0.1) is 10.6 Å². The van der Waals surface area contributed by atoms with E-state index in [1.165, 1.54) is 42.5 Å². The number of benzene rings is 2. The maximum atomic E-state index is 13.0. The number of carbonyl (C=O) groups excluding carboxylic acids is 1. The number of hydrogen-bond donors (Lipinski definition) is 3. The SMILES string of the molecule is O=C(Nc1cccc(F)c1)Nc1ccc(C(=O)O)c(Cl)c1. The number of urea groups is 1. The zero-order valence-electron chi connectivity index (χ0n) is 10.6. The van der Waals surface area contributed by atoms with E-state index in [1.807, 2.05) is 0 Å². The Bertz CT molecular complexity index is 706. The Labute approximate surface area is 124 Å². The second kappa shape index (κ2) is 6.23. The summed E-state index contributed by atoms with van der Waals surface area (Å²) in [5, 5.41) is 13.8. The average Bonchev–Trinajstić information content (AvgIpc) is 2.38. The van der Waals surface area contributed by atoms with Crippen LogP contribution in [0.2, 0.25) is 5.02 Å². The minimum atomic E-state index is -1.16. The summed E-state index contributed by atoms with van der Waals surface area (Å²) >= 11 is 5.79. The van der Waals surface area contributed by atoms with Gasteiger partial charge >= 0.3 is 12.0 Å². The molecule has 0 aliphatic rings. The molecule has 0 aliphatic heterocycles. The largest absolute Gasteiger partial charge is 0.478 e. The summed E-state index contributed by atoms with van der Waals surface area (Å²) in [5.41, 5.74) is 0.549. The number of rotatable bonds is 3. The average molecular weight is 309 g/mol. The van der Waals surface area contributed by atoms with Crippen molar-refractivity contribution < 1.29 is 19.1 Å². The van der Waals surface area contributed by atoms with Gasteiger partial charge in [-0.3, -0.25) is 0 Å². The van der Waals surface area contributed by atoms with E-state index in [0.29, 0.717) is 11.4 Å². The number of halogens is 2. The lowest BCUT2D eigenvalue weighted by atomic mass is 10.2. The molecule has 21 heavy (non-hydrogen) atoms. The minimum absolute atomic E-state index is 0.00561. The van der Waals surface area contributed by atoms with E-state index in [0.717, 1.165) is 0 Å². The van der Waals surface area contributed by atoms with E-state index in [4.69, 9.17) is 16.7 Å². The summed E-state index contributed by atoms with van der Waals surface area (Å²) < 4.78 is 13.0. The molecule has 2 amide bonds. The molecule has 5 nitrogen and oxygen atoms in total. The van der Waals surface area contributed by atoms with E-state index < -0.39 is 17.8 Å². The molecule has 0 unspecified atom stereocenters. The molecule has 0 fully saturated rings. The van der Waals surface area contributed by atoms with Crippen molar-refractivity contribution in [2.24, 2.45) is 0 Å². The van der Waals surface area contributed by atoms with Crippen molar-refractivity contribution in [3.8, 4) is 0 Å². The van der Waals surface area contributed by atoms with Crippen molar-refractivity contribution in [1.82, 2.24) is 0 Å². The van der Waals surface area contributed by atoms with E-state index in [2.05, 4.69) is 10.6 Å². The number of carboxylic acids is 1. The van der Waals surface area contributed by atoms with E-state index in [-0.39, 0.29) is 10.6 Å². The number of nitrogens with one attached hydrogen (secondary N) is 2. The molecule has 0 aliphatic carbocycles. The van der Waals surface area contributed by atoms with Crippen molar-refractivity contribution in [2.45, 2.75) is 0 Å². The lowest BCUT2D eigenvalue weighted by molar-refractivity contribution is 0.0697. The number of carbonyl (C=O) groups is 2. The first-order valence-electron chi connectivity index (χ1n) is 5.82. The Morgan fingerprint density at radius 3 is 2.29 bits per heavy atom. The Balaban J connectivity index is 2.06. The lowest BCUT2D eigenvalue weighted by Gasteiger charge is -2.08. The molecule has 2 aromatic rings. The third-order valence-corrected chi connectivity index (χ3v) is 2.85. The van der Waals surface area contributed by atoms with Crippen LogP contribution < -0.4 is 10.6 Å². The summed E-state index contributed by atoms with van der Waals surface area (Å²) in [6.07, 6.45) is 0. The van der Waals surface area contributed by atoms with Gasteiger partial charge in [0.1, 0.15) is 5.82 Å². The summed E-state index contributed by atoms with van der Waals surface area (Å²) in [7, 11) is 0. The molecule has 0 saturated carbocycles. The predicted octanol–water partition coefficient (Wildman–Crippen LogP) is 3.82. The van der Waals surface area contributed by atoms with Crippen LogP contribution in [0.15, 0.2) is 42.5 Å². The Morgan fingerprint density at radius 2 is 1.71 bits per heavy atom. The highest BCUT2D eigenvalue weighted by atomic mass is 35.5. The van der Waals surface area contributed by atoms with Crippen LogP contribution in [0.5, 0.6) is 0 Å².